The van der Waals surface area contributed by atoms with E-state index in [2.05, 4.69) is 24.1 Å². The van der Waals surface area contributed by atoms with Crippen LogP contribution in [0.1, 0.15) is 61.4 Å². The van der Waals surface area contributed by atoms with E-state index in [4.69, 9.17) is 0 Å². The van der Waals surface area contributed by atoms with E-state index in [9.17, 15) is 9.59 Å². The number of nitrogens with one attached hydrogen (secondary N) is 1. The Morgan fingerprint density at radius 3 is 2.54 bits per heavy atom. The quantitative estimate of drug-likeness (QED) is 0.867. The van der Waals surface area contributed by atoms with Crippen LogP contribution >= 0.6 is 0 Å². The Hall–Kier alpha value is -2.69. The van der Waals surface area contributed by atoms with E-state index in [0.29, 0.717) is 18.0 Å². The maximum absolute atomic E-state index is 13.6. The topological polar surface area (TPSA) is 62.3 Å². The summed E-state index contributed by atoms with van der Waals surface area (Å²) in [5, 5.41) is 3.08. The van der Waals surface area contributed by atoms with Crippen molar-refractivity contribution < 1.29 is 9.59 Å². The number of carbonyl (C=O) groups excluding carboxylic acids is 2. The molecule has 0 unspecified atom stereocenters. The van der Waals surface area contributed by atoms with Gasteiger partial charge in [-0.25, -0.2) is 0 Å². The number of fused-ring (bicyclic) bond motifs is 1. The Morgan fingerprint density at radius 1 is 1.18 bits per heavy atom. The number of carbonyl (C=O) groups is 2. The second-order valence-corrected chi connectivity index (χ2v) is 8.37. The molecule has 2 amide bonds. The van der Waals surface area contributed by atoms with E-state index in [1.807, 2.05) is 29.2 Å². The summed E-state index contributed by atoms with van der Waals surface area (Å²) in [6, 6.07) is 11.2. The molecule has 1 N–H and O–H groups in total. The molecule has 0 saturated heterocycles. The molecule has 1 aromatic carbocycles. The van der Waals surface area contributed by atoms with Gasteiger partial charge in [0, 0.05) is 30.2 Å². The fourth-order valence-electron chi connectivity index (χ4n) is 4.95. The smallest absolute Gasteiger partial charge is 0.254 e. The summed E-state index contributed by atoms with van der Waals surface area (Å²) in [6.45, 7) is 4.93. The first-order chi connectivity index (χ1) is 13.5. The summed E-state index contributed by atoms with van der Waals surface area (Å²) < 4.78 is 0. The first kappa shape index (κ1) is 18.7. The fraction of sp³-hybridized carbons (Fsp3) is 0.435. The van der Waals surface area contributed by atoms with Gasteiger partial charge in [-0.15, -0.1) is 0 Å². The number of amides is 2. The standard InChI is InChI=1S/C23H27N3O2/c1-16(2)15-26-22(28)19-8-4-3-7-18(19)20(23(26)11-5-6-12-23)21(27)25-17-9-13-24-14-10-17/h3-4,7-10,13-14,16,20H,5-6,11-12,15H2,1-2H3,(H,24,25,27)/t20-/m0/s1. The number of anilines is 1. The third-order valence-corrected chi connectivity index (χ3v) is 6.05. The van der Waals surface area contributed by atoms with Gasteiger partial charge >= 0.3 is 0 Å². The molecule has 146 valence electrons. The Morgan fingerprint density at radius 2 is 1.86 bits per heavy atom. The highest BCUT2D eigenvalue weighted by Crippen LogP contribution is 2.50. The lowest BCUT2D eigenvalue weighted by atomic mass is 9.70. The van der Waals surface area contributed by atoms with Gasteiger partial charge in [-0.3, -0.25) is 14.6 Å². The summed E-state index contributed by atoms with van der Waals surface area (Å²) in [4.78, 5) is 33.0. The normalized spacial score (nSPS) is 20.5. The van der Waals surface area contributed by atoms with Gasteiger partial charge in [0.15, 0.2) is 0 Å². The van der Waals surface area contributed by atoms with Crippen LogP contribution in [0, 0.1) is 5.92 Å². The minimum Gasteiger partial charge on any atom is -0.332 e. The zero-order valence-electron chi connectivity index (χ0n) is 16.5. The number of nitrogens with zero attached hydrogens (tertiary/aromatic N) is 2. The SMILES string of the molecule is CC(C)CN1C(=O)c2ccccc2[C@@H](C(=O)Nc2ccncc2)C12CCCC2. The first-order valence-corrected chi connectivity index (χ1v) is 10.1. The van der Waals surface area contributed by atoms with Crippen molar-refractivity contribution >= 4 is 17.5 Å². The molecule has 1 atom stereocenters. The molecular formula is C23H27N3O2. The molecule has 1 spiro atoms. The zero-order valence-corrected chi connectivity index (χ0v) is 16.5. The molecule has 4 rings (SSSR count). The lowest BCUT2D eigenvalue weighted by Gasteiger charge is -2.50. The minimum atomic E-state index is -0.438. The molecule has 1 aliphatic heterocycles. The van der Waals surface area contributed by atoms with Gasteiger partial charge in [-0.1, -0.05) is 44.9 Å². The molecule has 2 heterocycles. The average molecular weight is 377 g/mol. The molecule has 1 aromatic heterocycles. The zero-order chi connectivity index (χ0) is 19.7. The number of hydrogen-bond acceptors (Lipinski definition) is 3. The van der Waals surface area contributed by atoms with E-state index in [0.717, 1.165) is 36.9 Å². The summed E-state index contributed by atoms with van der Waals surface area (Å²) in [7, 11) is 0. The van der Waals surface area contributed by atoms with Gasteiger partial charge in [0.25, 0.3) is 5.91 Å². The lowest BCUT2D eigenvalue weighted by molar-refractivity contribution is -0.121. The van der Waals surface area contributed by atoms with Crippen LogP contribution < -0.4 is 5.32 Å². The van der Waals surface area contributed by atoms with Crippen LogP contribution in [0.15, 0.2) is 48.8 Å². The van der Waals surface area contributed by atoms with E-state index >= 15 is 0 Å². The van der Waals surface area contributed by atoms with Crippen molar-refractivity contribution in [3.05, 3.63) is 59.9 Å². The van der Waals surface area contributed by atoms with Crippen molar-refractivity contribution in [1.29, 1.82) is 0 Å². The number of aromatic nitrogens is 1. The van der Waals surface area contributed by atoms with E-state index in [-0.39, 0.29) is 17.7 Å². The molecule has 1 aliphatic carbocycles. The predicted molar refractivity (Wildman–Crippen MR) is 109 cm³/mol. The molecule has 28 heavy (non-hydrogen) atoms. The van der Waals surface area contributed by atoms with Crippen LogP contribution in [0.2, 0.25) is 0 Å². The van der Waals surface area contributed by atoms with Crippen molar-refractivity contribution in [3.63, 3.8) is 0 Å². The molecule has 2 aliphatic rings. The van der Waals surface area contributed by atoms with Crippen LogP contribution in [0.4, 0.5) is 5.69 Å². The molecule has 1 fully saturated rings. The van der Waals surface area contributed by atoms with Gasteiger partial charge < -0.3 is 10.2 Å². The summed E-state index contributed by atoms with van der Waals surface area (Å²) >= 11 is 0. The molecule has 5 heteroatoms. The summed E-state index contributed by atoms with van der Waals surface area (Å²) in [6.07, 6.45) is 7.17. The monoisotopic (exact) mass is 377 g/mol. The van der Waals surface area contributed by atoms with Gasteiger partial charge in [0.1, 0.15) is 0 Å². The van der Waals surface area contributed by atoms with Crippen LogP contribution in [-0.4, -0.2) is 33.8 Å². The van der Waals surface area contributed by atoms with Crippen molar-refractivity contribution in [3.8, 4) is 0 Å². The molecule has 1 saturated carbocycles. The Labute approximate surface area is 166 Å². The van der Waals surface area contributed by atoms with Crippen molar-refractivity contribution in [1.82, 2.24) is 9.88 Å². The molecule has 0 bridgehead atoms. The van der Waals surface area contributed by atoms with E-state index in [1.165, 1.54) is 0 Å². The number of benzene rings is 1. The number of rotatable bonds is 4. The lowest BCUT2D eigenvalue weighted by Crippen LogP contribution is -2.60. The van der Waals surface area contributed by atoms with Crippen molar-refractivity contribution in [2.24, 2.45) is 5.92 Å². The van der Waals surface area contributed by atoms with Crippen LogP contribution in [0.5, 0.6) is 0 Å². The van der Waals surface area contributed by atoms with Crippen LogP contribution in [0.25, 0.3) is 0 Å². The first-order valence-electron chi connectivity index (χ1n) is 10.1. The summed E-state index contributed by atoms with van der Waals surface area (Å²) in [5.74, 6) is 0.00683. The van der Waals surface area contributed by atoms with Gasteiger partial charge in [-0.05, 0) is 42.5 Å². The average Bonchev–Trinajstić information content (AvgIpc) is 3.16. The highest BCUT2D eigenvalue weighted by molar-refractivity contribution is 6.05. The van der Waals surface area contributed by atoms with Gasteiger partial charge in [-0.2, -0.15) is 0 Å². The molecule has 2 aromatic rings. The molecule has 5 nitrogen and oxygen atoms in total. The Bertz CT molecular complexity index is 872. The third-order valence-electron chi connectivity index (χ3n) is 6.05. The molecule has 0 radical (unpaired) electrons. The van der Waals surface area contributed by atoms with Gasteiger partial charge in [0.2, 0.25) is 5.91 Å². The van der Waals surface area contributed by atoms with E-state index in [1.54, 1.807) is 24.5 Å². The predicted octanol–water partition coefficient (Wildman–Crippen LogP) is 4.23. The number of pyridine rings is 1. The van der Waals surface area contributed by atoms with Crippen LogP contribution in [0.3, 0.4) is 0 Å². The summed E-state index contributed by atoms with van der Waals surface area (Å²) in [5.41, 5.74) is 1.82. The van der Waals surface area contributed by atoms with Gasteiger partial charge in [0.05, 0.1) is 11.5 Å². The maximum atomic E-state index is 13.6. The Balaban J connectivity index is 1.81. The van der Waals surface area contributed by atoms with Crippen molar-refractivity contribution in [2.45, 2.75) is 51.0 Å². The number of hydrogen-bond donors (Lipinski definition) is 1. The maximum Gasteiger partial charge on any atom is 0.254 e. The fourth-order valence-corrected chi connectivity index (χ4v) is 4.95. The highest BCUT2D eigenvalue weighted by Gasteiger charge is 2.55. The third kappa shape index (κ3) is 3.09. The Kier molecular flexibility index (Phi) is 4.92. The van der Waals surface area contributed by atoms with Crippen molar-refractivity contribution in [2.75, 3.05) is 11.9 Å². The minimum absolute atomic E-state index is 0.0400. The van der Waals surface area contributed by atoms with Crippen LogP contribution in [-0.2, 0) is 4.79 Å². The highest BCUT2D eigenvalue weighted by atomic mass is 16.2. The molecular weight excluding hydrogens is 350 g/mol. The second-order valence-electron chi connectivity index (χ2n) is 8.37. The largest absolute Gasteiger partial charge is 0.332 e. The van der Waals surface area contributed by atoms with E-state index < -0.39 is 5.54 Å². The second kappa shape index (κ2) is 7.38.